The molecule has 12 heteroatoms. The van der Waals surface area contributed by atoms with Crippen LogP contribution in [0.15, 0.2) is 46.1 Å². The summed E-state index contributed by atoms with van der Waals surface area (Å²) in [5.41, 5.74) is 5.93. The van der Waals surface area contributed by atoms with E-state index in [1.807, 2.05) is 0 Å². The number of oxazole rings is 1. The zero-order valence-corrected chi connectivity index (χ0v) is 17.6. The van der Waals surface area contributed by atoms with Crippen LogP contribution in [0.25, 0.3) is 11.6 Å². The number of halogens is 4. The number of pyridine rings is 1. The molecule has 0 saturated carbocycles. The molecule has 3 aromatic heterocycles. The summed E-state index contributed by atoms with van der Waals surface area (Å²) in [6.07, 6.45) is -0.471. The molecule has 0 bridgehead atoms. The van der Waals surface area contributed by atoms with Crippen LogP contribution in [0.4, 0.5) is 22.7 Å². The Morgan fingerprint density at radius 3 is 2.72 bits per heavy atom. The van der Waals surface area contributed by atoms with Crippen LogP contribution >= 0.6 is 11.3 Å². The minimum Gasteiger partial charge on any atom is -0.413 e. The summed E-state index contributed by atoms with van der Waals surface area (Å²) < 4.78 is 57.0. The van der Waals surface area contributed by atoms with Gasteiger partial charge in [-0.3, -0.25) is 9.97 Å². The minimum absolute atomic E-state index is 0.0807. The molecular formula is C20H19F4N5O2S. The van der Waals surface area contributed by atoms with Crippen molar-refractivity contribution in [2.45, 2.75) is 25.6 Å². The molecule has 0 radical (unpaired) electrons. The average molecular weight is 469 g/mol. The minimum atomic E-state index is -4.49. The molecule has 3 aromatic rings. The number of nitrogens with zero attached hydrogens (tertiary/aromatic N) is 2. The smallest absolute Gasteiger partial charge is 0.413 e. The Morgan fingerprint density at radius 1 is 1.38 bits per heavy atom. The van der Waals surface area contributed by atoms with Gasteiger partial charge in [-0.1, -0.05) is 24.0 Å². The highest BCUT2D eigenvalue weighted by atomic mass is 32.1. The molecule has 3 rings (SSSR count). The molecule has 0 aromatic carbocycles. The average Bonchev–Trinajstić information content (AvgIpc) is 3.31. The van der Waals surface area contributed by atoms with Gasteiger partial charge in [0.05, 0.1) is 10.6 Å². The van der Waals surface area contributed by atoms with E-state index < -0.39 is 29.5 Å². The SMILES string of the molecule is C=C(/C(F)=C\c1[nH]c(=O)oc1C)c1cnc(NC[C@@H](N)Cc2ccc(C(F)(F)F)nc2)s1. The van der Waals surface area contributed by atoms with Gasteiger partial charge in [0, 0.05) is 36.6 Å². The summed E-state index contributed by atoms with van der Waals surface area (Å²) in [6, 6.07) is 1.84. The van der Waals surface area contributed by atoms with Gasteiger partial charge in [0.1, 0.15) is 17.3 Å². The fourth-order valence-corrected chi connectivity index (χ4v) is 3.48. The Morgan fingerprint density at radius 2 is 2.12 bits per heavy atom. The number of aryl methyl sites for hydroxylation is 1. The molecule has 0 unspecified atom stereocenters. The van der Waals surface area contributed by atoms with E-state index in [9.17, 15) is 22.4 Å². The van der Waals surface area contributed by atoms with Gasteiger partial charge < -0.3 is 15.5 Å². The van der Waals surface area contributed by atoms with Gasteiger partial charge in [-0.15, -0.1) is 0 Å². The molecule has 0 aliphatic carbocycles. The van der Waals surface area contributed by atoms with Crippen LogP contribution in [0.2, 0.25) is 0 Å². The molecule has 0 saturated heterocycles. The number of nitrogens with two attached hydrogens (primary N) is 1. The number of H-pyrrole nitrogens is 1. The molecule has 0 amide bonds. The predicted octanol–water partition coefficient (Wildman–Crippen LogP) is 4.15. The normalized spacial score (nSPS) is 13.2. The van der Waals surface area contributed by atoms with Gasteiger partial charge in [0.25, 0.3) is 0 Å². The Kier molecular flexibility index (Phi) is 6.94. The third-order valence-corrected chi connectivity index (χ3v) is 5.37. The second-order valence-corrected chi connectivity index (χ2v) is 7.91. The van der Waals surface area contributed by atoms with E-state index in [1.54, 1.807) is 0 Å². The maximum Gasteiger partial charge on any atom is 0.433 e. The first-order chi connectivity index (χ1) is 15.0. The van der Waals surface area contributed by atoms with Crippen LogP contribution < -0.4 is 16.8 Å². The Labute approximate surface area is 183 Å². The van der Waals surface area contributed by atoms with Crippen molar-refractivity contribution in [3.05, 3.63) is 75.1 Å². The van der Waals surface area contributed by atoms with Crippen molar-refractivity contribution in [2.24, 2.45) is 5.73 Å². The molecule has 3 heterocycles. The second-order valence-electron chi connectivity index (χ2n) is 6.88. The first-order valence-corrected chi connectivity index (χ1v) is 10.1. The van der Waals surface area contributed by atoms with Crippen LogP contribution in [0.1, 0.15) is 27.6 Å². The molecule has 32 heavy (non-hydrogen) atoms. The largest absolute Gasteiger partial charge is 0.433 e. The van der Waals surface area contributed by atoms with Crippen LogP contribution in [-0.4, -0.2) is 27.5 Å². The topological polar surface area (TPSA) is 110 Å². The second kappa shape index (κ2) is 9.49. The summed E-state index contributed by atoms with van der Waals surface area (Å²) in [6.45, 7) is 5.52. The molecular weight excluding hydrogens is 450 g/mol. The van der Waals surface area contributed by atoms with E-state index >= 15 is 0 Å². The van der Waals surface area contributed by atoms with Crippen LogP contribution in [0, 0.1) is 6.92 Å². The van der Waals surface area contributed by atoms with Crippen LogP contribution in [0.3, 0.4) is 0 Å². The monoisotopic (exact) mass is 469 g/mol. The molecule has 0 aliphatic rings. The highest BCUT2D eigenvalue weighted by Crippen LogP contribution is 2.31. The molecule has 170 valence electrons. The molecule has 0 spiro atoms. The fourth-order valence-electron chi connectivity index (χ4n) is 2.69. The van der Waals surface area contributed by atoms with E-state index in [0.29, 0.717) is 22.0 Å². The lowest BCUT2D eigenvalue weighted by molar-refractivity contribution is -0.141. The van der Waals surface area contributed by atoms with Gasteiger partial charge in [-0.2, -0.15) is 13.2 Å². The number of alkyl halides is 3. The van der Waals surface area contributed by atoms with Gasteiger partial charge in [-0.05, 0) is 25.0 Å². The van der Waals surface area contributed by atoms with Gasteiger partial charge >= 0.3 is 11.9 Å². The van der Waals surface area contributed by atoms with Gasteiger partial charge in [0.15, 0.2) is 5.13 Å². The quantitative estimate of drug-likeness (QED) is 0.338. The first-order valence-electron chi connectivity index (χ1n) is 9.27. The summed E-state index contributed by atoms with van der Waals surface area (Å²) in [5.74, 6) is -1.09. The number of nitrogens with one attached hydrogen (secondary N) is 2. The number of hydrogen-bond donors (Lipinski definition) is 3. The molecule has 7 nitrogen and oxygen atoms in total. The maximum absolute atomic E-state index is 14.5. The van der Waals surface area contributed by atoms with E-state index in [0.717, 1.165) is 29.7 Å². The lowest BCUT2D eigenvalue weighted by Crippen LogP contribution is -2.31. The van der Waals surface area contributed by atoms with Crippen molar-refractivity contribution in [1.29, 1.82) is 0 Å². The molecule has 4 N–H and O–H groups in total. The van der Waals surface area contributed by atoms with E-state index in [-0.39, 0.29) is 23.6 Å². The number of rotatable bonds is 8. The zero-order valence-electron chi connectivity index (χ0n) is 16.8. The first kappa shape index (κ1) is 23.4. The molecule has 0 aliphatic heterocycles. The third-order valence-electron chi connectivity index (χ3n) is 4.35. The van der Waals surface area contributed by atoms with Crippen LogP contribution in [-0.2, 0) is 12.6 Å². The van der Waals surface area contributed by atoms with E-state index in [1.165, 1.54) is 19.2 Å². The van der Waals surface area contributed by atoms with Gasteiger partial charge in [-0.25, -0.2) is 14.2 Å². The lowest BCUT2D eigenvalue weighted by atomic mass is 10.1. The fraction of sp³-hybridized carbons (Fsp3) is 0.250. The highest BCUT2D eigenvalue weighted by Gasteiger charge is 2.32. The summed E-state index contributed by atoms with van der Waals surface area (Å²) in [4.78, 5) is 21.6. The predicted molar refractivity (Wildman–Crippen MR) is 114 cm³/mol. The third kappa shape index (κ3) is 5.92. The standard InChI is InChI=1S/C20H19F4N5O2S/c1-10(14(21)6-15-11(2)31-19(30)29-15)16-9-28-18(32-16)27-8-13(25)5-12-3-4-17(26-7-12)20(22,23)24/h3-4,6-7,9,13H,1,5,8,25H2,2H3,(H,27,28)(H,29,30)/b14-6+/t13-/m0/s1. The van der Waals surface area contributed by atoms with Crippen molar-refractivity contribution in [2.75, 3.05) is 11.9 Å². The number of hydrogen-bond acceptors (Lipinski definition) is 7. The Hall–Kier alpha value is -3.25. The maximum atomic E-state index is 14.5. The van der Waals surface area contributed by atoms with Crippen molar-refractivity contribution in [3.8, 4) is 0 Å². The summed E-state index contributed by atoms with van der Waals surface area (Å²) in [7, 11) is 0. The lowest BCUT2D eigenvalue weighted by Gasteiger charge is -2.12. The summed E-state index contributed by atoms with van der Waals surface area (Å²) >= 11 is 1.15. The number of aromatic nitrogens is 3. The van der Waals surface area contributed by atoms with E-state index in [4.69, 9.17) is 10.2 Å². The van der Waals surface area contributed by atoms with Crippen molar-refractivity contribution in [1.82, 2.24) is 15.0 Å². The molecule has 0 fully saturated rings. The summed E-state index contributed by atoms with van der Waals surface area (Å²) in [5, 5.41) is 3.49. The molecule has 1 atom stereocenters. The van der Waals surface area contributed by atoms with Crippen molar-refractivity contribution < 1.29 is 22.0 Å². The number of anilines is 1. The number of thiazole rings is 1. The number of aromatic amines is 1. The van der Waals surface area contributed by atoms with Crippen LogP contribution in [0.5, 0.6) is 0 Å². The van der Waals surface area contributed by atoms with Crippen molar-refractivity contribution in [3.63, 3.8) is 0 Å². The van der Waals surface area contributed by atoms with Gasteiger partial charge in [0.2, 0.25) is 0 Å². The number of allylic oxidation sites excluding steroid dienone is 2. The highest BCUT2D eigenvalue weighted by molar-refractivity contribution is 7.16. The Balaban J connectivity index is 1.56. The Bertz CT molecular complexity index is 1180. The van der Waals surface area contributed by atoms with Crippen molar-refractivity contribution >= 4 is 28.1 Å². The zero-order chi connectivity index (χ0) is 23.5. The van der Waals surface area contributed by atoms with E-state index in [2.05, 4.69) is 26.8 Å².